The molecule has 0 aliphatic heterocycles. The van der Waals surface area contributed by atoms with Gasteiger partial charge in [-0.2, -0.15) is 0 Å². The Morgan fingerprint density at radius 3 is 2.69 bits per heavy atom. The quantitative estimate of drug-likeness (QED) is 0.771. The molecule has 0 saturated heterocycles. The Balaban J connectivity index is 2.92. The third-order valence-electron chi connectivity index (χ3n) is 1.58. The number of rotatable bonds is 3. The molecule has 0 fully saturated rings. The van der Waals surface area contributed by atoms with Crippen LogP contribution in [0.3, 0.4) is 0 Å². The molecule has 0 spiro atoms. The first-order valence-electron chi connectivity index (χ1n) is 4.37. The normalized spacial score (nSPS) is 10.5. The van der Waals surface area contributed by atoms with Gasteiger partial charge in [-0.3, -0.25) is 4.98 Å². The van der Waals surface area contributed by atoms with Crippen molar-refractivity contribution in [2.45, 2.75) is 33.5 Å². The lowest BCUT2D eigenvalue weighted by atomic mass is 10.3. The van der Waals surface area contributed by atoms with Crippen molar-refractivity contribution in [3.8, 4) is 5.75 Å². The molecule has 0 aliphatic rings. The van der Waals surface area contributed by atoms with Crippen molar-refractivity contribution in [3.63, 3.8) is 0 Å². The summed E-state index contributed by atoms with van der Waals surface area (Å²) >= 11 is 0. The lowest BCUT2D eigenvalue weighted by Gasteiger charge is -2.12. The summed E-state index contributed by atoms with van der Waals surface area (Å²) < 4.78 is 5.47. The number of hydrogen-bond donors (Lipinski definition) is 1. The van der Waals surface area contributed by atoms with Crippen LogP contribution in [0.1, 0.15) is 25.2 Å². The van der Waals surface area contributed by atoms with Crippen LogP contribution >= 0.6 is 0 Å². The number of ether oxygens (including phenoxy) is 1. The van der Waals surface area contributed by atoms with Gasteiger partial charge in [-0.25, -0.2) is 0 Å². The van der Waals surface area contributed by atoms with Gasteiger partial charge in [0.1, 0.15) is 11.4 Å². The molecule has 0 bridgehead atoms. The van der Waals surface area contributed by atoms with Crippen LogP contribution in [0.15, 0.2) is 12.1 Å². The Kier molecular flexibility index (Phi) is 3.25. The smallest absolute Gasteiger partial charge is 0.143 e. The van der Waals surface area contributed by atoms with Gasteiger partial charge in [-0.05, 0) is 32.9 Å². The topological polar surface area (TPSA) is 42.4 Å². The molecule has 1 aromatic heterocycles. The minimum atomic E-state index is -0.0796. The first-order chi connectivity index (χ1) is 6.13. The van der Waals surface area contributed by atoms with Gasteiger partial charge in [0.05, 0.1) is 12.7 Å². The van der Waals surface area contributed by atoms with Crippen LogP contribution in [-0.4, -0.2) is 16.2 Å². The third-order valence-corrected chi connectivity index (χ3v) is 1.58. The fraction of sp³-hybridized carbons (Fsp3) is 0.500. The van der Waals surface area contributed by atoms with Crippen molar-refractivity contribution in [1.82, 2.24) is 4.98 Å². The second-order valence-electron chi connectivity index (χ2n) is 3.22. The summed E-state index contributed by atoms with van der Waals surface area (Å²) in [5.74, 6) is 0.670. The first-order valence-corrected chi connectivity index (χ1v) is 4.37. The SMILES string of the molecule is Cc1ccc(OC(C)C)c(CO)n1. The highest BCUT2D eigenvalue weighted by atomic mass is 16.5. The van der Waals surface area contributed by atoms with E-state index in [1.54, 1.807) is 0 Å². The molecule has 0 amide bonds. The Bertz CT molecular complexity index is 284. The second-order valence-corrected chi connectivity index (χ2v) is 3.22. The van der Waals surface area contributed by atoms with Gasteiger partial charge in [-0.15, -0.1) is 0 Å². The van der Waals surface area contributed by atoms with Crippen molar-refractivity contribution < 1.29 is 9.84 Å². The van der Waals surface area contributed by atoms with Gasteiger partial charge >= 0.3 is 0 Å². The molecule has 0 radical (unpaired) electrons. The van der Waals surface area contributed by atoms with Crippen LogP contribution in [0.25, 0.3) is 0 Å². The van der Waals surface area contributed by atoms with Crippen molar-refractivity contribution in [2.24, 2.45) is 0 Å². The van der Waals surface area contributed by atoms with E-state index in [2.05, 4.69) is 4.98 Å². The number of aryl methyl sites for hydroxylation is 1. The van der Waals surface area contributed by atoms with Gasteiger partial charge in [0.2, 0.25) is 0 Å². The van der Waals surface area contributed by atoms with E-state index in [9.17, 15) is 0 Å². The summed E-state index contributed by atoms with van der Waals surface area (Å²) in [4.78, 5) is 4.17. The number of aromatic nitrogens is 1. The maximum absolute atomic E-state index is 9.01. The van der Waals surface area contributed by atoms with Crippen LogP contribution in [0.5, 0.6) is 5.75 Å². The molecular formula is C10H15NO2. The molecule has 3 nitrogen and oxygen atoms in total. The van der Waals surface area contributed by atoms with Crippen LogP contribution in [0.4, 0.5) is 0 Å². The number of nitrogens with zero attached hydrogens (tertiary/aromatic N) is 1. The first kappa shape index (κ1) is 9.99. The highest BCUT2D eigenvalue weighted by molar-refractivity contribution is 5.28. The molecule has 1 aromatic rings. The summed E-state index contributed by atoms with van der Waals surface area (Å²) in [6, 6.07) is 3.71. The van der Waals surface area contributed by atoms with Gasteiger partial charge < -0.3 is 9.84 Å². The summed E-state index contributed by atoms with van der Waals surface area (Å²) in [5.41, 5.74) is 1.49. The maximum atomic E-state index is 9.01. The molecule has 0 saturated carbocycles. The van der Waals surface area contributed by atoms with Crippen LogP contribution in [0, 0.1) is 6.92 Å². The predicted octanol–water partition coefficient (Wildman–Crippen LogP) is 1.67. The lowest BCUT2D eigenvalue weighted by molar-refractivity contribution is 0.222. The molecule has 0 atom stereocenters. The highest BCUT2D eigenvalue weighted by Gasteiger charge is 2.05. The monoisotopic (exact) mass is 181 g/mol. The highest BCUT2D eigenvalue weighted by Crippen LogP contribution is 2.17. The average Bonchev–Trinajstić information content (AvgIpc) is 2.07. The van der Waals surface area contributed by atoms with E-state index in [1.807, 2.05) is 32.9 Å². The van der Waals surface area contributed by atoms with E-state index >= 15 is 0 Å². The second kappa shape index (κ2) is 4.23. The molecule has 1 rings (SSSR count). The Labute approximate surface area is 78.4 Å². The molecule has 0 unspecified atom stereocenters. The molecule has 0 aromatic carbocycles. The molecule has 1 N–H and O–H groups in total. The molecule has 0 aliphatic carbocycles. The number of aliphatic hydroxyl groups is 1. The minimum Gasteiger partial charge on any atom is -0.489 e. The van der Waals surface area contributed by atoms with Gasteiger partial charge in [0.25, 0.3) is 0 Å². The zero-order valence-corrected chi connectivity index (χ0v) is 8.24. The van der Waals surface area contributed by atoms with E-state index in [1.165, 1.54) is 0 Å². The number of pyridine rings is 1. The predicted molar refractivity (Wildman–Crippen MR) is 50.7 cm³/mol. The zero-order chi connectivity index (χ0) is 9.84. The van der Waals surface area contributed by atoms with Crippen molar-refractivity contribution in [3.05, 3.63) is 23.5 Å². The molecular weight excluding hydrogens is 166 g/mol. The van der Waals surface area contributed by atoms with E-state index < -0.39 is 0 Å². The lowest BCUT2D eigenvalue weighted by Crippen LogP contribution is -2.08. The average molecular weight is 181 g/mol. The third kappa shape index (κ3) is 2.70. The minimum absolute atomic E-state index is 0.0796. The largest absolute Gasteiger partial charge is 0.489 e. The van der Waals surface area contributed by atoms with Gasteiger partial charge in [-0.1, -0.05) is 0 Å². The standard InChI is InChI=1S/C10H15NO2/c1-7(2)13-10-5-4-8(3)11-9(10)6-12/h4-5,7,12H,6H2,1-3H3. The molecule has 3 heteroatoms. The van der Waals surface area contributed by atoms with E-state index in [0.717, 1.165) is 5.69 Å². The molecule has 13 heavy (non-hydrogen) atoms. The van der Waals surface area contributed by atoms with Crippen LogP contribution in [-0.2, 0) is 6.61 Å². The number of hydrogen-bond acceptors (Lipinski definition) is 3. The van der Waals surface area contributed by atoms with Crippen molar-refractivity contribution >= 4 is 0 Å². The van der Waals surface area contributed by atoms with Crippen molar-refractivity contribution in [2.75, 3.05) is 0 Å². The number of aliphatic hydroxyl groups excluding tert-OH is 1. The van der Waals surface area contributed by atoms with Crippen LogP contribution < -0.4 is 4.74 Å². The van der Waals surface area contributed by atoms with Crippen molar-refractivity contribution in [1.29, 1.82) is 0 Å². The fourth-order valence-electron chi connectivity index (χ4n) is 1.07. The Hall–Kier alpha value is -1.09. The zero-order valence-electron chi connectivity index (χ0n) is 8.24. The molecule has 72 valence electrons. The summed E-state index contributed by atoms with van der Waals surface area (Å²) in [6.45, 7) is 5.70. The Morgan fingerprint density at radius 1 is 1.46 bits per heavy atom. The van der Waals surface area contributed by atoms with E-state index in [-0.39, 0.29) is 12.7 Å². The van der Waals surface area contributed by atoms with Gasteiger partial charge in [0.15, 0.2) is 0 Å². The maximum Gasteiger partial charge on any atom is 0.143 e. The Morgan fingerprint density at radius 2 is 2.15 bits per heavy atom. The van der Waals surface area contributed by atoms with E-state index in [0.29, 0.717) is 11.4 Å². The summed E-state index contributed by atoms with van der Waals surface area (Å²) in [6.07, 6.45) is 0.106. The van der Waals surface area contributed by atoms with Crippen LogP contribution in [0.2, 0.25) is 0 Å². The summed E-state index contributed by atoms with van der Waals surface area (Å²) in [5, 5.41) is 9.01. The summed E-state index contributed by atoms with van der Waals surface area (Å²) in [7, 11) is 0. The van der Waals surface area contributed by atoms with E-state index in [4.69, 9.17) is 9.84 Å². The van der Waals surface area contributed by atoms with Gasteiger partial charge in [0, 0.05) is 5.69 Å². The molecule has 1 heterocycles. The fourth-order valence-corrected chi connectivity index (χ4v) is 1.07.